The molecule has 122 valence electrons. The molecule has 1 aliphatic heterocycles. The van der Waals surface area contributed by atoms with Gasteiger partial charge in [-0.25, -0.2) is 0 Å². The fourth-order valence-corrected chi connectivity index (χ4v) is 5.62. The van der Waals surface area contributed by atoms with E-state index >= 15 is 0 Å². The van der Waals surface area contributed by atoms with Crippen molar-refractivity contribution in [1.82, 2.24) is 9.80 Å². The molecule has 0 aromatic carbocycles. The van der Waals surface area contributed by atoms with Crippen LogP contribution in [0.15, 0.2) is 0 Å². The van der Waals surface area contributed by atoms with Crippen LogP contribution in [0.5, 0.6) is 0 Å². The average Bonchev–Trinajstić information content (AvgIpc) is 3.00. The molecule has 0 aromatic rings. The molecule has 0 amide bonds. The van der Waals surface area contributed by atoms with Crippen LogP contribution in [0.2, 0.25) is 0 Å². The SMILES string of the molecule is CC1CC(C)CC(CN)(N2CCN(C3CCCC3)CC2)C1. The average molecular weight is 293 g/mol. The van der Waals surface area contributed by atoms with E-state index in [1.54, 1.807) is 0 Å². The van der Waals surface area contributed by atoms with Crippen molar-refractivity contribution < 1.29 is 0 Å². The lowest BCUT2D eigenvalue weighted by atomic mass is 9.70. The van der Waals surface area contributed by atoms with Crippen LogP contribution in [-0.2, 0) is 0 Å². The van der Waals surface area contributed by atoms with E-state index in [1.807, 2.05) is 0 Å². The molecule has 0 spiro atoms. The van der Waals surface area contributed by atoms with Crippen molar-refractivity contribution in [2.24, 2.45) is 17.6 Å². The van der Waals surface area contributed by atoms with E-state index in [1.165, 1.54) is 71.1 Å². The van der Waals surface area contributed by atoms with E-state index in [0.717, 1.165) is 24.4 Å². The quantitative estimate of drug-likeness (QED) is 0.868. The van der Waals surface area contributed by atoms with Gasteiger partial charge in [0.25, 0.3) is 0 Å². The van der Waals surface area contributed by atoms with Crippen molar-refractivity contribution >= 4 is 0 Å². The molecule has 1 saturated heterocycles. The van der Waals surface area contributed by atoms with Crippen LogP contribution in [-0.4, -0.2) is 54.1 Å². The van der Waals surface area contributed by atoms with Crippen LogP contribution in [0, 0.1) is 11.8 Å². The highest BCUT2D eigenvalue weighted by molar-refractivity contribution is 4.99. The van der Waals surface area contributed by atoms with Crippen LogP contribution in [0.4, 0.5) is 0 Å². The minimum absolute atomic E-state index is 0.304. The summed E-state index contributed by atoms with van der Waals surface area (Å²) in [6.45, 7) is 10.7. The lowest BCUT2D eigenvalue weighted by Gasteiger charge is -2.52. The number of hydrogen-bond donors (Lipinski definition) is 1. The topological polar surface area (TPSA) is 32.5 Å². The molecule has 3 fully saturated rings. The molecule has 2 N–H and O–H groups in total. The van der Waals surface area contributed by atoms with Crippen LogP contribution >= 0.6 is 0 Å². The summed E-state index contributed by atoms with van der Waals surface area (Å²) < 4.78 is 0. The molecule has 3 aliphatic rings. The number of nitrogens with zero attached hydrogens (tertiary/aromatic N) is 2. The van der Waals surface area contributed by atoms with E-state index in [0.29, 0.717) is 5.54 Å². The molecule has 2 atom stereocenters. The molecule has 0 aromatic heterocycles. The summed E-state index contributed by atoms with van der Waals surface area (Å²) in [7, 11) is 0. The van der Waals surface area contributed by atoms with Gasteiger partial charge in [-0.2, -0.15) is 0 Å². The monoisotopic (exact) mass is 293 g/mol. The molecular weight excluding hydrogens is 258 g/mol. The van der Waals surface area contributed by atoms with E-state index in [4.69, 9.17) is 5.73 Å². The Morgan fingerprint density at radius 1 is 0.952 bits per heavy atom. The van der Waals surface area contributed by atoms with Crippen LogP contribution in [0.1, 0.15) is 58.8 Å². The number of hydrogen-bond acceptors (Lipinski definition) is 3. The van der Waals surface area contributed by atoms with Gasteiger partial charge in [0, 0.05) is 44.3 Å². The number of piperazine rings is 1. The number of nitrogens with two attached hydrogens (primary N) is 1. The van der Waals surface area contributed by atoms with Gasteiger partial charge in [0.2, 0.25) is 0 Å². The Labute approximate surface area is 131 Å². The summed E-state index contributed by atoms with van der Waals surface area (Å²) in [4.78, 5) is 5.54. The summed E-state index contributed by atoms with van der Waals surface area (Å²) in [5.41, 5.74) is 6.60. The minimum atomic E-state index is 0.304. The predicted molar refractivity (Wildman–Crippen MR) is 89.4 cm³/mol. The second-order valence-corrected chi connectivity index (χ2v) is 8.24. The maximum Gasteiger partial charge on any atom is 0.0337 e. The Morgan fingerprint density at radius 3 is 2.05 bits per heavy atom. The van der Waals surface area contributed by atoms with E-state index in [-0.39, 0.29) is 0 Å². The maximum atomic E-state index is 6.30. The molecular formula is C18H35N3. The summed E-state index contributed by atoms with van der Waals surface area (Å²) in [5.74, 6) is 1.68. The Bertz CT molecular complexity index is 319. The molecule has 0 radical (unpaired) electrons. The van der Waals surface area contributed by atoms with E-state index in [2.05, 4.69) is 23.6 Å². The molecule has 3 nitrogen and oxygen atoms in total. The predicted octanol–water partition coefficient (Wildman–Crippen LogP) is 2.70. The molecule has 21 heavy (non-hydrogen) atoms. The third-order valence-electron chi connectivity index (χ3n) is 6.47. The summed E-state index contributed by atoms with van der Waals surface area (Å²) in [6.07, 6.45) is 9.81. The zero-order valence-electron chi connectivity index (χ0n) is 14.2. The number of rotatable bonds is 3. The molecule has 2 saturated carbocycles. The largest absolute Gasteiger partial charge is 0.329 e. The first kappa shape index (κ1) is 15.8. The normalized spacial score (nSPS) is 40.7. The fourth-order valence-electron chi connectivity index (χ4n) is 5.62. The first-order valence-corrected chi connectivity index (χ1v) is 9.32. The molecule has 2 aliphatic carbocycles. The zero-order chi connectivity index (χ0) is 14.9. The van der Waals surface area contributed by atoms with Crippen LogP contribution in [0.25, 0.3) is 0 Å². The van der Waals surface area contributed by atoms with Gasteiger partial charge >= 0.3 is 0 Å². The van der Waals surface area contributed by atoms with Gasteiger partial charge in [0.05, 0.1) is 0 Å². The van der Waals surface area contributed by atoms with Gasteiger partial charge < -0.3 is 5.73 Å². The Hall–Kier alpha value is -0.120. The molecule has 3 heteroatoms. The van der Waals surface area contributed by atoms with Gasteiger partial charge in [-0.3, -0.25) is 9.80 Å². The lowest BCUT2D eigenvalue weighted by Crippen LogP contribution is -2.63. The molecule has 1 heterocycles. The second kappa shape index (κ2) is 6.55. The van der Waals surface area contributed by atoms with Crippen molar-refractivity contribution in [3.05, 3.63) is 0 Å². The fraction of sp³-hybridized carbons (Fsp3) is 1.00. The van der Waals surface area contributed by atoms with Crippen molar-refractivity contribution in [3.63, 3.8) is 0 Å². The zero-order valence-corrected chi connectivity index (χ0v) is 14.2. The molecule has 2 unspecified atom stereocenters. The third kappa shape index (κ3) is 3.30. The Balaban J connectivity index is 1.61. The summed E-state index contributed by atoms with van der Waals surface area (Å²) >= 11 is 0. The van der Waals surface area contributed by atoms with Gasteiger partial charge in [-0.1, -0.05) is 26.7 Å². The van der Waals surface area contributed by atoms with Gasteiger partial charge in [-0.15, -0.1) is 0 Å². The molecule has 3 rings (SSSR count). The van der Waals surface area contributed by atoms with Crippen molar-refractivity contribution in [2.75, 3.05) is 32.7 Å². The highest BCUT2D eigenvalue weighted by Crippen LogP contribution is 2.40. The molecule has 0 bridgehead atoms. The Morgan fingerprint density at radius 2 is 1.52 bits per heavy atom. The van der Waals surface area contributed by atoms with Gasteiger partial charge in [-0.05, 0) is 43.9 Å². The van der Waals surface area contributed by atoms with Crippen molar-refractivity contribution in [1.29, 1.82) is 0 Å². The van der Waals surface area contributed by atoms with Crippen molar-refractivity contribution in [2.45, 2.75) is 70.4 Å². The third-order valence-corrected chi connectivity index (χ3v) is 6.47. The first-order valence-electron chi connectivity index (χ1n) is 9.32. The summed E-state index contributed by atoms with van der Waals surface area (Å²) in [5, 5.41) is 0. The Kier molecular flexibility index (Phi) is 4.92. The van der Waals surface area contributed by atoms with Gasteiger partial charge in [0.1, 0.15) is 0 Å². The van der Waals surface area contributed by atoms with Gasteiger partial charge in [0.15, 0.2) is 0 Å². The minimum Gasteiger partial charge on any atom is -0.329 e. The second-order valence-electron chi connectivity index (χ2n) is 8.24. The van der Waals surface area contributed by atoms with E-state index in [9.17, 15) is 0 Å². The van der Waals surface area contributed by atoms with E-state index < -0.39 is 0 Å². The highest BCUT2D eigenvalue weighted by atomic mass is 15.3. The lowest BCUT2D eigenvalue weighted by molar-refractivity contribution is -0.0205. The standard InChI is InChI=1S/C18H35N3/c1-15-11-16(2)13-18(12-15,14-19)21-9-7-20(8-10-21)17-5-3-4-6-17/h15-17H,3-14,19H2,1-2H3. The maximum absolute atomic E-state index is 6.30. The summed E-state index contributed by atoms with van der Waals surface area (Å²) in [6, 6.07) is 0.894. The van der Waals surface area contributed by atoms with Crippen LogP contribution < -0.4 is 5.73 Å². The smallest absolute Gasteiger partial charge is 0.0337 e. The van der Waals surface area contributed by atoms with Crippen LogP contribution in [0.3, 0.4) is 0 Å². The highest BCUT2D eigenvalue weighted by Gasteiger charge is 2.42. The van der Waals surface area contributed by atoms with Crippen molar-refractivity contribution in [3.8, 4) is 0 Å². The first-order chi connectivity index (χ1) is 10.1.